The minimum absolute atomic E-state index is 0.181. The average Bonchev–Trinajstić information content (AvgIpc) is 2.67. The van der Waals surface area contributed by atoms with Gasteiger partial charge in [0.2, 0.25) is 0 Å². The summed E-state index contributed by atoms with van der Waals surface area (Å²) in [6.45, 7) is 0.431. The molecule has 7 heteroatoms. The van der Waals surface area contributed by atoms with Crippen LogP contribution in [0.3, 0.4) is 0 Å². The van der Waals surface area contributed by atoms with E-state index in [1.807, 2.05) is 18.2 Å². The van der Waals surface area contributed by atoms with Crippen LogP contribution in [0.5, 0.6) is 5.75 Å². The second kappa shape index (κ2) is 8.31. The molecule has 0 saturated carbocycles. The number of carbonyl (C=O) groups excluding carboxylic acids is 1. The fourth-order valence-electron chi connectivity index (χ4n) is 2.32. The number of nitrogens with zero attached hydrogens (tertiary/aromatic N) is 2. The number of halogens is 1. The minimum Gasteiger partial charge on any atom is -0.495 e. The van der Waals surface area contributed by atoms with E-state index in [2.05, 4.69) is 20.6 Å². The number of anilines is 2. The number of hydrogen-bond donors (Lipinski definition) is 2. The summed E-state index contributed by atoms with van der Waals surface area (Å²) in [4.78, 5) is 20.5. The van der Waals surface area contributed by atoms with Gasteiger partial charge in [0.25, 0.3) is 5.91 Å². The molecule has 0 radical (unpaired) electrons. The second-order valence-corrected chi connectivity index (χ2v) is 5.85. The van der Waals surface area contributed by atoms with Crippen molar-refractivity contribution in [3.63, 3.8) is 0 Å². The number of hydrogen-bond acceptors (Lipinski definition) is 5. The van der Waals surface area contributed by atoms with Gasteiger partial charge in [0.15, 0.2) is 0 Å². The molecule has 0 aliphatic heterocycles. The van der Waals surface area contributed by atoms with Crippen LogP contribution in [0.4, 0.5) is 11.5 Å². The lowest BCUT2D eigenvalue weighted by molar-refractivity contribution is 0.0951. The van der Waals surface area contributed by atoms with E-state index in [4.69, 9.17) is 16.3 Å². The second-order valence-electron chi connectivity index (χ2n) is 5.44. The van der Waals surface area contributed by atoms with E-state index in [0.29, 0.717) is 28.7 Å². The van der Waals surface area contributed by atoms with Crippen LogP contribution < -0.4 is 15.4 Å². The van der Waals surface area contributed by atoms with Crippen molar-refractivity contribution in [3.05, 3.63) is 77.2 Å². The number of aromatic nitrogens is 2. The summed E-state index contributed by atoms with van der Waals surface area (Å²) in [6.07, 6.45) is 4.96. The zero-order valence-corrected chi connectivity index (χ0v) is 14.8. The van der Waals surface area contributed by atoms with Crippen molar-refractivity contribution >= 4 is 29.0 Å². The van der Waals surface area contributed by atoms with Crippen LogP contribution in [0, 0.1) is 0 Å². The third-order valence-electron chi connectivity index (χ3n) is 3.65. The Hall–Kier alpha value is -3.12. The zero-order chi connectivity index (χ0) is 18.4. The largest absolute Gasteiger partial charge is 0.495 e. The fourth-order valence-corrected chi connectivity index (χ4v) is 2.57. The molecule has 26 heavy (non-hydrogen) atoms. The molecule has 3 aromatic rings. The molecule has 0 bridgehead atoms. The molecule has 0 aliphatic rings. The van der Waals surface area contributed by atoms with Gasteiger partial charge in [0.05, 0.1) is 12.1 Å². The van der Waals surface area contributed by atoms with Gasteiger partial charge < -0.3 is 15.4 Å². The van der Waals surface area contributed by atoms with Crippen molar-refractivity contribution in [2.45, 2.75) is 6.54 Å². The molecule has 0 unspecified atom stereocenters. The van der Waals surface area contributed by atoms with Gasteiger partial charge in [-0.2, -0.15) is 0 Å². The van der Waals surface area contributed by atoms with Gasteiger partial charge in [-0.25, -0.2) is 4.98 Å². The predicted octanol–water partition coefficient (Wildman–Crippen LogP) is 3.81. The minimum atomic E-state index is -0.181. The maximum Gasteiger partial charge on any atom is 0.251 e. The van der Waals surface area contributed by atoms with E-state index in [0.717, 1.165) is 11.3 Å². The van der Waals surface area contributed by atoms with Crippen LogP contribution in [0.15, 0.2) is 61.1 Å². The normalized spacial score (nSPS) is 10.2. The van der Waals surface area contributed by atoms with Crippen molar-refractivity contribution < 1.29 is 9.53 Å². The van der Waals surface area contributed by atoms with Crippen LogP contribution in [-0.4, -0.2) is 23.0 Å². The predicted molar refractivity (Wildman–Crippen MR) is 101 cm³/mol. The summed E-state index contributed by atoms with van der Waals surface area (Å²) in [5.74, 6) is 0.956. The monoisotopic (exact) mass is 368 g/mol. The molecular weight excluding hydrogens is 352 g/mol. The van der Waals surface area contributed by atoms with Crippen LogP contribution in [-0.2, 0) is 6.54 Å². The Bertz CT molecular complexity index is 903. The van der Waals surface area contributed by atoms with Gasteiger partial charge in [-0.05, 0) is 48.0 Å². The molecule has 0 saturated heterocycles. The van der Waals surface area contributed by atoms with Gasteiger partial charge in [-0.15, -0.1) is 0 Å². The number of carbonyl (C=O) groups is 1. The Balaban J connectivity index is 1.67. The van der Waals surface area contributed by atoms with E-state index in [-0.39, 0.29) is 5.91 Å². The molecule has 1 aromatic carbocycles. The summed E-state index contributed by atoms with van der Waals surface area (Å²) in [5.41, 5.74) is 2.24. The van der Waals surface area contributed by atoms with Crippen molar-refractivity contribution in [1.82, 2.24) is 15.3 Å². The van der Waals surface area contributed by atoms with E-state index in [1.165, 1.54) is 0 Å². The molecule has 1 amide bonds. The molecular formula is C19H17ClN4O2. The number of methoxy groups -OCH3 is 1. The van der Waals surface area contributed by atoms with Crippen LogP contribution in [0.25, 0.3) is 0 Å². The molecule has 0 aliphatic carbocycles. The van der Waals surface area contributed by atoms with Crippen molar-refractivity contribution in [3.8, 4) is 5.75 Å². The molecule has 132 valence electrons. The fraction of sp³-hybridized carbons (Fsp3) is 0.105. The highest BCUT2D eigenvalue weighted by atomic mass is 35.5. The summed E-state index contributed by atoms with van der Waals surface area (Å²) in [6, 6.07) is 12.4. The molecule has 3 rings (SSSR count). The Labute approximate surface area is 156 Å². The highest BCUT2D eigenvalue weighted by Gasteiger charge is 2.08. The first kappa shape index (κ1) is 17.7. The maximum atomic E-state index is 12.3. The quantitative estimate of drug-likeness (QED) is 0.691. The van der Waals surface area contributed by atoms with Gasteiger partial charge in [-0.1, -0.05) is 11.6 Å². The van der Waals surface area contributed by atoms with Gasteiger partial charge >= 0.3 is 0 Å². The summed E-state index contributed by atoms with van der Waals surface area (Å²) < 4.78 is 5.13. The molecule has 0 fully saturated rings. The van der Waals surface area contributed by atoms with Gasteiger partial charge in [-0.3, -0.25) is 9.78 Å². The summed E-state index contributed by atoms with van der Waals surface area (Å²) in [5, 5.41) is 6.49. The van der Waals surface area contributed by atoms with E-state index in [9.17, 15) is 4.79 Å². The van der Waals surface area contributed by atoms with Gasteiger partial charge in [0, 0.05) is 36.4 Å². The summed E-state index contributed by atoms with van der Waals surface area (Å²) in [7, 11) is 1.56. The molecule has 2 heterocycles. The first-order valence-electron chi connectivity index (χ1n) is 7.89. The topological polar surface area (TPSA) is 76.1 Å². The SMILES string of the molecule is COc1ccc(Nc2cc(C(=O)NCc3ccncc3)ccn2)cc1Cl. The number of nitrogens with one attached hydrogen (secondary N) is 2. The van der Waals surface area contributed by atoms with Crippen LogP contribution in [0.2, 0.25) is 5.02 Å². The Morgan fingerprint density at radius 3 is 2.65 bits per heavy atom. The van der Waals surface area contributed by atoms with Crippen molar-refractivity contribution in [1.29, 1.82) is 0 Å². The molecule has 6 nitrogen and oxygen atoms in total. The zero-order valence-electron chi connectivity index (χ0n) is 14.1. The van der Waals surface area contributed by atoms with Crippen LogP contribution in [0.1, 0.15) is 15.9 Å². The van der Waals surface area contributed by atoms with E-state index in [1.54, 1.807) is 50.0 Å². The number of rotatable bonds is 6. The van der Waals surface area contributed by atoms with Crippen molar-refractivity contribution in [2.75, 3.05) is 12.4 Å². The lowest BCUT2D eigenvalue weighted by Gasteiger charge is -2.10. The smallest absolute Gasteiger partial charge is 0.251 e. The molecule has 2 N–H and O–H groups in total. The third kappa shape index (κ3) is 4.49. The van der Waals surface area contributed by atoms with Gasteiger partial charge in [0.1, 0.15) is 11.6 Å². The first-order chi connectivity index (χ1) is 12.7. The first-order valence-corrected chi connectivity index (χ1v) is 8.27. The standard InChI is InChI=1S/C19H17ClN4O2/c1-26-17-3-2-15(11-16(17)20)24-18-10-14(6-9-22-18)19(25)23-12-13-4-7-21-8-5-13/h2-11H,12H2,1H3,(H,22,24)(H,23,25). The molecule has 0 spiro atoms. The average molecular weight is 369 g/mol. The number of amides is 1. The van der Waals surface area contributed by atoms with Crippen LogP contribution >= 0.6 is 11.6 Å². The number of ether oxygens (including phenoxy) is 1. The maximum absolute atomic E-state index is 12.3. The summed E-state index contributed by atoms with van der Waals surface area (Å²) >= 11 is 6.12. The highest BCUT2D eigenvalue weighted by molar-refractivity contribution is 6.32. The number of benzene rings is 1. The highest BCUT2D eigenvalue weighted by Crippen LogP contribution is 2.28. The third-order valence-corrected chi connectivity index (χ3v) is 3.94. The lowest BCUT2D eigenvalue weighted by atomic mass is 10.2. The Morgan fingerprint density at radius 1 is 1.12 bits per heavy atom. The molecule has 2 aromatic heterocycles. The lowest BCUT2D eigenvalue weighted by Crippen LogP contribution is -2.22. The molecule has 0 atom stereocenters. The number of pyridine rings is 2. The van der Waals surface area contributed by atoms with Crippen molar-refractivity contribution in [2.24, 2.45) is 0 Å². The van der Waals surface area contributed by atoms with E-state index < -0.39 is 0 Å². The van der Waals surface area contributed by atoms with E-state index >= 15 is 0 Å². The Kier molecular flexibility index (Phi) is 5.66. The Morgan fingerprint density at radius 2 is 1.92 bits per heavy atom.